The largest absolute Gasteiger partial charge is 0.479 e. The lowest BCUT2D eigenvalue weighted by molar-refractivity contribution is 0.368. The van der Waals surface area contributed by atoms with Crippen LogP contribution in [0.3, 0.4) is 0 Å². The van der Waals surface area contributed by atoms with Gasteiger partial charge in [-0.1, -0.05) is 12.8 Å². The predicted octanol–water partition coefficient (Wildman–Crippen LogP) is 3.58. The van der Waals surface area contributed by atoms with E-state index in [2.05, 4.69) is 12.2 Å². The van der Waals surface area contributed by atoms with Gasteiger partial charge in [-0.2, -0.15) is 5.26 Å². The number of nitriles is 1. The number of nitrogens with zero attached hydrogens (tertiary/aromatic N) is 1. The quantitative estimate of drug-likeness (QED) is 0.861. The molecule has 2 rings (SSSR count). The van der Waals surface area contributed by atoms with Crippen LogP contribution < -0.4 is 10.1 Å². The number of rotatable bonds is 5. The number of hydrogen-bond donors (Lipinski definition) is 1. The molecule has 0 spiro atoms. The third kappa shape index (κ3) is 3.40. The Bertz CT molecular complexity index is 401. The van der Waals surface area contributed by atoms with Gasteiger partial charge >= 0.3 is 0 Å². The molecule has 18 heavy (non-hydrogen) atoms. The van der Waals surface area contributed by atoms with Crippen LogP contribution in [0.25, 0.3) is 0 Å². The van der Waals surface area contributed by atoms with E-state index in [0.29, 0.717) is 6.04 Å². The van der Waals surface area contributed by atoms with Crippen LogP contribution in [-0.4, -0.2) is 12.6 Å². The molecular formula is C15H20N2O. The predicted molar refractivity (Wildman–Crippen MR) is 72.6 cm³/mol. The molecular weight excluding hydrogens is 224 g/mol. The van der Waals surface area contributed by atoms with E-state index in [4.69, 9.17) is 10.00 Å². The molecule has 3 heteroatoms. The molecule has 96 valence electrons. The first kappa shape index (κ1) is 12.8. The van der Waals surface area contributed by atoms with E-state index >= 15 is 0 Å². The van der Waals surface area contributed by atoms with E-state index in [1.165, 1.54) is 25.7 Å². The second kappa shape index (κ2) is 6.30. The van der Waals surface area contributed by atoms with Gasteiger partial charge in [0.05, 0.1) is 0 Å². The number of hydrogen-bond acceptors (Lipinski definition) is 3. The van der Waals surface area contributed by atoms with E-state index in [1.807, 2.05) is 30.3 Å². The van der Waals surface area contributed by atoms with Crippen LogP contribution in [0.5, 0.6) is 5.75 Å². The lowest BCUT2D eigenvalue weighted by atomic mass is 9.99. The Morgan fingerprint density at radius 3 is 2.61 bits per heavy atom. The second-order valence-corrected chi connectivity index (χ2v) is 4.95. The highest BCUT2D eigenvalue weighted by Crippen LogP contribution is 2.29. The van der Waals surface area contributed by atoms with Gasteiger partial charge in [-0.3, -0.25) is 0 Å². The molecule has 1 N–H and O–H groups in total. The van der Waals surface area contributed by atoms with Gasteiger partial charge < -0.3 is 10.1 Å². The first-order valence-corrected chi connectivity index (χ1v) is 6.66. The Labute approximate surface area is 109 Å². The Hall–Kier alpha value is -1.69. The van der Waals surface area contributed by atoms with Crippen molar-refractivity contribution in [3.63, 3.8) is 0 Å². The second-order valence-electron chi connectivity index (χ2n) is 4.95. The van der Waals surface area contributed by atoms with Crippen LogP contribution in [0, 0.1) is 17.2 Å². The molecule has 1 aromatic rings. The molecule has 0 heterocycles. The molecule has 1 aromatic carbocycles. The summed E-state index contributed by atoms with van der Waals surface area (Å²) in [4.78, 5) is 0. The van der Waals surface area contributed by atoms with Crippen molar-refractivity contribution in [3.05, 3.63) is 24.3 Å². The molecule has 1 saturated carbocycles. The minimum atomic E-state index is 0.102. The molecule has 0 radical (unpaired) electrons. The first-order valence-electron chi connectivity index (χ1n) is 6.66. The van der Waals surface area contributed by atoms with Crippen molar-refractivity contribution in [1.29, 1.82) is 5.26 Å². The summed E-state index contributed by atoms with van der Waals surface area (Å²) in [5.74, 6) is 1.55. The highest BCUT2D eigenvalue weighted by atomic mass is 16.5. The van der Waals surface area contributed by atoms with Crippen molar-refractivity contribution >= 4 is 5.69 Å². The zero-order valence-electron chi connectivity index (χ0n) is 10.9. The highest BCUT2D eigenvalue weighted by molar-refractivity contribution is 5.47. The van der Waals surface area contributed by atoms with Crippen LogP contribution in [0.4, 0.5) is 5.69 Å². The van der Waals surface area contributed by atoms with Crippen LogP contribution in [0.15, 0.2) is 24.3 Å². The van der Waals surface area contributed by atoms with Crippen LogP contribution in [-0.2, 0) is 0 Å². The minimum absolute atomic E-state index is 0.102. The third-order valence-electron chi connectivity index (χ3n) is 3.66. The number of anilines is 1. The van der Waals surface area contributed by atoms with Crippen molar-refractivity contribution in [1.82, 2.24) is 0 Å². The summed E-state index contributed by atoms with van der Waals surface area (Å²) in [6, 6.07) is 10.3. The van der Waals surface area contributed by atoms with Crippen molar-refractivity contribution < 1.29 is 4.74 Å². The Balaban J connectivity index is 1.87. The normalized spacial score (nSPS) is 17.1. The van der Waals surface area contributed by atoms with Gasteiger partial charge in [0.1, 0.15) is 11.8 Å². The summed E-state index contributed by atoms with van der Waals surface area (Å²) in [7, 11) is 0. The summed E-state index contributed by atoms with van der Waals surface area (Å²) >= 11 is 0. The van der Waals surface area contributed by atoms with Crippen molar-refractivity contribution in [2.24, 2.45) is 5.92 Å². The summed E-state index contributed by atoms with van der Waals surface area (Å²) in [5.41, 5.74) is 1.12. The smallest absolute Gasteiger partial charge is 0.174 e. The Kier molecular flexibility index (Phi) is 4.46. The van der Waals surface area contributed by atoms with Crippen molar-refractivity contribution in [2.75, 3.05) is 11.9 Å². The number of nitrogens with one attached hydrogen (secondary N) is 1. The van der Waals surface area contributed by atoms with Crippen molar-refractivity contribution in [2.45, 2.75) is 38.6 Å². The van der Waals surface area contributed by atoms with Crippen LogP contribution in [0.1, 0.15) is 32.6 Å². The molecule has 1 aliphatic carbocycles. The molecule has 1 fully saturated rings. The highest BCUT2D eigenvalue weighted by Gasteiger charge is 2.21. The van der Waals surface area contributed by atoms with Gasteiger partial charge in [0, 0.05) is 11.7 Å². The van der Waals surface area contributed by atoms with E-state index in [1.54, 1.807) is 0 Å². The van der Waals surface area contributed by atoms with E-state index in [-0.39, 0.29) is 6.61 Å². The molecule has 0 bridgehead atoms. The maximum atomic E-state index is 8.44. The van der Waals surface area contributed by atoms with Gasteiger partial charge in [-0.15, -0.1) is 0 Å². The van der Waals surface area contributed by atoms with Crippen molar-refractivity contribution in [3.8, 4) is 11.8 Å². The monoisotopic (exact) mass is 244 g/mol. The van der Waals surface area contributed by atoms with Crippen LogP contribution >= 0.6 is 0 Å². The van der Waals surface area contributed by atoms with E-state index in [9.17, 15) is 0 Å². The molecule has 0 amide bonds. The zero-order valence-corrected chi connectivity index (χ0v) is 10.9. The van der Waals surface area contributed by atoms with Gasteiger partial charge in [-0.25, -0.2) is 0 Å². The van der Waals surface area contributed by atoms with Gasteiger partial charge in [-0.05, 0) is 49.9 Å². The summed E-state index contributed by atoms with van der Waals surface area (Å²) in [6.45, 7) is 2.36. The summed E-state index contributed by atoms with van der Waals surface area (Å²) < 4.78 is 5.23. The summed E-state index contributed by atoms with van der Waals surface area (Å²) in [5, 5.41) is 12.0. The molecule has 0 aliphatic heterocycles. The molecule has 1 unspecified atom stereocenters. The fraction of sp³-hybridized carbons (Fsp3) is 0.533. The molecule has 3 nitrogen and oxygen atoms in total. The third-order valence-corrected chi connectivity index (χ3v) is 3.66. The number of benzene rings is 1. The lowest BCUT2D eigenvalue weighted by Gasteiger charge is -2.21. The molecule has 1 aliphatic rings. The summed E-state index contributed by atoms with van der Waals surface area (Å²) in [6.07, 6.45) is 5.43. The SMILES string of the molecule is CC(Nc1ccc(OCC#N)cc1)C1CCCC1. The topological polar surface area (TPSA) is 45.0 Å². The number of ether oxygens (including phenoxy) is 1. The fourth-order valence-electron chi connectivity index (χ4n) is 2.60. The van der Waals surface area contributed by atoms with Gasteiger partial charge in [0.2, 0.25) is 0 Å². The standard InChI is InChI=1S/C15H20N2O/c1-12(13-4-2-3-5-13)17-14-6-8-15(9-7-14)18-11-10-16/h6-9,12-13,17H,2-5,11H2,1H3. The minimum Gasteiger partial charge on any atom is -0.479 e. The Morgan fingerprint density at radius 2 is 2.00 bits per heavy atom. The van der Waals surface area contributed by atoms with Gasteiger partial charge in [0.25, 0.3) is 0 Å². The maximum absolute atomic E-state index is 8.44. The Morgan fingerprint density at radius 1 is 1.33 bits per heavy atom. The maximum Gasteiger partial charge on any atom is 0.174 e. The lowest BCUT2D eigenvalue weighted by Crippen LogP contribution is -2.23. The molecule has 0 aromatic heterocycles. The van der Waals surface area contributed by atoms with E-state index < -0.39 is 0 Å². The average Bonchev–Trinajstić information content (AvgIpc) is 2.92. The molecule has 0 saturated heterocycles. The van der Waals surface area contributed by atoms with Crippen LogP contribution in [0.2, 0.25) is 0 Å². The van der Waals surface area contributed by atoms with Gasteiger partial charge in [0.15, 0.2) is 6.61 Å². The zero-order chi connectivity index (χ0) is 12.8. The fourth-order valence-corrected chi connectivity index (χ4v) is 2.60. The molecule has 1 atom stereocenters. The average molecular weight is 244 g/mol. The first-order chi connectivity index (χ1) is 8.79. The van der Waals surface area contributed by atoms with E-state index in [0.717, 1.165) is 17.4 Å².